The van der Waals surface area contributed by atoms with E-state index in [9.17, 15) is 9.90 Å². The van der Waals surface area contributed by atoms with Crippen LogP contribution in [0.3, 0.4) is 0 Å². The Hall–Kier alpha value is -2.77. The largest absolute Gasteiger partial charge is 0.391 e. The number of aryl methyl sites for hydroxylation is 1. The Morgan fingerprint density at radius 1 is 1.29 bits per heavy atom. The van der Waals surface area contributed by atoms with Crippen LogP contribution in [0.15, 0.2) is 36.8 Å². The predicted octanol–water partition coefficient (Wildman–Crippen LogP) is 2.84. The molecule has 0 radical (unpaired) electrons. The zero-order valence-corrected chi connectivity index (χ0v) is 16.0. The number of aliphatic hydroxyl groups is 1. The Labute approximate surface area is 163 Å². The van der Waals surface area contributed by atoms with Crippen molar-refractivity contribution in [1.82, 2.24) is 15.0 Å². The van der Waals surface area contributed by atoms with Crippen molar-refractivity contribution in [2.45, 2.75) is 44.9 Å². The third kappa shape index (κ3) is 3.50. The Kier molecular flexibility index (Phi) is 5.11. The van der Waals surface area contributed by atoms with Crippen molar-refractivity contribution in [2.75, 3.05) is 11.9 Å². The number of ketones is 1. The molecule has 3 N–H and O–H groups in total. The number of rotatable bonds is 5. The number of ether oxygens (including phenoxy) is 1. The van der Waals surface area contributed by atoms with Gasteiger partial charge in [0.25, 0.3) is 0 Å². The number of aromatic amines is 1. The molecule has 4 rings (SSSR count). The summed E-state index contributed by atoms with van der Waals surface area (Å²) < 4.78 is 5.75. The average molecular weight is 380 g/mol. The quantitative estimate of drug-likeness (QED) is 0.589. The lowest BCUT2D eigenvalue weighted by molar-refractivity contribution is -0.0584. The van der Waals surface area contributed by atoms with Crippen LogP contribution in [0.25, 0.3) is 11.0 Å². The summed E-state index contributed by atoms with van der Waals surface area (Å²) >= 11 is 0. The molecule has 7 nitrogen and oxygen atoms in total. The van der Waals surface area contributed by atoms with E-state index in [-0.39, 0.29) is 17.9 Å². The number of anilines is 1. The van der Waals surface area contributed by atoms with Gasteiger partial charge in [0.15, 0.2) is 5.78 Å². The van der Waals surface area contributed by atoms with E-state index in [1.165, 1.54) is 6.33 Å². The molecule has 0 bridgehead atoms. The minimum atomic E-state index is -0.477. The van der Waals surface area contributed by atoms with Gasteiger partial charge in [0.1, 0.15) is 17.8 Å². The number of H-pyrrole nitrogens is 1. The SMILES string of the molecule is Cc1ccccc1C(=O)c1c[nH]c2ncnc(N[C@@H]3CC[C@@H]([C@@H](C)O)OC3)c12. The molecule has 1 aromatic carbocycles. The molecule has 0 aliphatic carbocycles. The lowest BCUT2D eigenvalue weighted by Crippen LogP contribution is -2.39. The maximum atomic E-state index is 13.1. The first-order valence-electron chi connectivity index (χ1n) is 9.53. The van der Waals surface area contributed by atoms with Gasteiger partial charge in [0.2, 0.25) is 0 Å². The normalized spacial score (nSPS) is 20.8. The molecule has 1 fully saturated rings. The zero-order chi connectivity index (χ0) is 19.7. The van der Waals surface area contributed by atoms with Gasteiger partial charge in [-0.3, -0.25) is 4.79 Å². The fourth-order valence-corrected chi connectivity index (χ4v) is 3.68. The summed E-state index contributed by atoms with van der Waals surface area (Å²) in [6, 6.07) is 7.60. The summed E-state index contributed by atoms with van der Waals surface area (Å²) in [7, 11) is 0. The van der Waals surface area contributed by atoms with E-state index in [4.69, 9.17) is 4.74 Å². The number of aliphatic hydroxyl groups excluding tert-OH is 1. The third-order valence-corrected chi connectivity index (χ3v) is 5.29. The van der Waals surface area contributed by atoms with E-state index >= 15 is 0 Å². The van der Waals surface area contributed by atoms with Crippen molar-refractivity contribution >= 4 is 22.6 Å². The smallest absolute Gasteiger partial charge is 0.195 e. The number of hydrogen-bond acceptors (Lipinski definition) is 6. The van der Waals surface area contributed by atoms with E-state index in [0.29, 0.717) is 34.6 Å². The van der Waals surface area contributed by atoms with Gasteiger partial charge in [-0.2, -0.15) is 0 Å². The molecule has 28 heavy (non-hydrogen) atoms. The van der Waals surface area contributed by atoms with Gasteiger partial charge in [0, 0.05) is 11.8 Å². The maximum absolute atomic E-state index is 13.1. The van der Waals surface area contributed by atoms with Crippen molar-refractivity contribution in [2.24, 2.45) is 0 Å². The topological polar surface area (TPSA) is 100 Å². The summed E-state index contributed by atoms with van der Waals surface area (Å²) in [5, 5.41) is 13.8. The van der Waals surface area contributed by atoms with Gasteiger partial charge >= 0.3 is 0 Å². The van der Waals surface area contributed by atoms with Gasteiger partial charge in [0.05, 0.1) is 35.8 Å². The highest BCUT2D eigenvalue weighted by atomic mass is 16.5. The van der Waals surface area contributed by atoms with Gasteiger partial charge in [-0.15, -0.1) is 0 Å². The zero-order valence-electron chi connectivity index (χ0n) is 16.0. The van der Waals surface area contributed by atoms with E-state index in [1.807, 2.05) is 31.2 Å². The number of nitrogens with zero attached hydrogens (tertiary/aromatic N) is 2. The molecule has 0 amide bonds. The second-order valence-corrected chi connectivity index (χ2v) is 7.32. The van der Waals surface area contributed by atoms with Gasteiger partial charge < -0.3 is 20.1 Å². The second kappa shape index (κ2) is 7.69. The van der Waals surface area contributed by atoms with Crippen LogP contribution in [0, 0.1) is 6.92 Å². The molecule has 2 aromatic heterocycles. The molecule has 0 unspecified atom stereocenters. The third-order valence-electron chi connectivity index (χ3n) is 5.29. The van der Waals surface area contributed by atoms with Crippen LogP contribution >= 0.6 is 0 Å². The van der Waals surface area contributed by atoms with Crippen molar-refractivity contribution in [3.05, 3.63) is 53.5 Å². The molecule has 3 atom stereocenters. The Balaban J connectivity index is 1.63. The minimum Gasteiger partial charge on any atom is -0.391 e. The molecular formula is C21H24N4O3. The van der Waals surface area contributed by atoms with Crippen LogP contribution in [0.5, 0.6) is 0 Å². The summed E-state index contributed by atoms with van der Waals surface area (Å²) in [5.74, 6) is 0.559. The molecule has 1 aliphatic rings. The number of carbonyl (C=O) groups is 1. The lowest BCUT2D eigenvalue weighted by Gasteiger charge is -2.31. The number of hydrogen-bond donors (Lipinski definition) is 3. The van der Waals surface area contributed by atoms with Crippen LogP contribution in [0.4, 0.5) is 5.82 Å². The van der Waals surface area contributed by atoms with E-state index < -0.39 is 6.10 Å². The Morgan fingerprint density at radius 2 is 2.11 bits per heavy atom. The lowest BCUT2D eigenvalue weighted by atomic mass is 9.99. The number of fused-ring (bicyclic) bond motifs is 1. The van der Waals surface area contributed by atoms with E-state index in [0.717, 1.165) is 18.4 Å². The predicted molar refractivity (Wildman–Crippen MR) is 107 cm³/mol. The summed E-state index contributed by atoms with van der Waals surface area (Å²) in [6.07, 6.45) is 4.19. The van der Waals surface area contributed by atoms with E-state index in [1.54, 1.807) is 13.1 Å². The Bertz CT molecular complexity index is 990. The number of benzene rings is 1. The van der Waals surface area contributed by atoms with Crippen LogP contribution in [0.1, 0.15) is 41.3 Å². The fraction of sp³-hybridized carbons (Fsp3) is 0.381. The maximum Gasteiger partial charge on any atom is 0.195 e. The highest BCUT2D eigenvalue weighted by molar-refractivity contribution is 6.18. The van der Waals surface area contributed by atoms with Crippen molar-refractivity contribution in [3.63, 3.8) is 0 Å². The molecule has 146 valence electrons. The highest BCUT2D eigenvalue weighted by Gasteiger charge is 2.26. The first kappa shape index (κ1) is 18.6. The molecular weight excluding hydrogens is 356 g/mol. The average Bonchev–Trinajstić information content (AvgIpc) is 3.13. The van der Waals surface area contributed by atoms with E-state index in [2.05, 4.69) is 20.3 Å². The summed E-state index contributed by atoms with van der Waals surface area (Å²) in [4.78, 5) is 24.9. The minimum absolute atomic E-state index is 0.0590. The molecule has 0 saturated carbocycles. The van der Waals surface area contributed by atoms with Crippen molar-refractivity contribution in [1.29, 1.82) is 0 Å². The van der Waals surface area contributed by atoms with Gasteiger partial charge in [-0.05, 0) is 32.3 Å². The fourth-order valence-electron chi connectivity index (χ4n) is 3.68. The van der Waals surface area contributed by atoms with Gasteiger partial charge in [-0.1, -0.05) is 24.3 Å². The molecule has 1 aliphatic heterocycles. The summed E-state index contributed by atoms with van der Waals surface area (Å²) in [5.41, 5.74) is 2.76. The monoisotopic (exact) mass is 380 g/mol. The van der Waals surface area contributed by atoms with Crippen LogP contribution in [-0.2, 0) is 4.74 Å². The second-order valence-electron chi connectivity index (χ2n) is 7.32. The molecule has 1 saturated heterocycles. The summed E-state index contributed by atoms with van der Waals surface area (Å²) in [6.45, 7) is 4.15. The molecule has 3 heterocycles. The van der Waals surface area contributed by atoms with Crippen LogP contribution in [-0.4, -0.2) is 50.7 Å². The van der Waals surface area contributed by atoms with Crippen LogP contribution < -0.4 is 5.32 Å². The van der Waals surface area contributed by atoms with Gasteiger partial charge in [-0.25, -0.2) is 9.97 Å². The Morgan fingerprint density at radius 3 is 2.82 bits per heavy atom. The first-order valence-corrected chi connectivity index (χ1v) is 9.53. The standard InChI is InChI=1S/C21H24N4O3/c1-12-5-3-4-6-15(12)19(27)16-9-22-20-18(16)21(24-11-23-20)25-14-7-8-17(13(2)26)28-10-14/h3-6,9,11,13-14,17,26H,7-8,10H2,1-2H3,(H2,22,23,24,25)/t13-,14-,17+/m1/s1. The number of aromatic nitrogens is 3. The highest BCUT2D eigenvalue weighted by Crippen LogP contribution is 2.28. The molecule has 7 heteroatoms. The number of carbonyl (C=O) groups excluding carboxylic acids is 1. The number of nitrogens with one attached hydrogen (secondary N) is 2. The molecule has 0 spiro atoms. The molecule has 3 aromatic rings. The first-order chi connectivity index (χ1) is 13.5. The van der Waals surface area contributed by atoms with Crippen molar-refractivity contribution in [3.8, 4) is 0 Å². The van der Waals surface area contributed by atoms with Crippen molar-refractivity contribution < 1.29 is 14.6 Å². The van der Waals surface area contributed by atoms with Crippen LogP contribution in [0.2, 0.25) is 0 Å².